The van der Waals surface area contributed by atoms with E-state index in [0.717, 1.165) is 5.95 Å². The third kappa shape index (κ3) is 2.01. The molecule has 3 nitrogen and oxygen atoms in total. The van der Waals surface area contributed by atoms with Gasteiger partial charge in [0, 0.05) is 24.1 Å². The molecule has 1 aliphatic rings. The maximum Gasteiger partial charge on any atom is 0.207 e. The van der Waals surface area contributed by atoms with Crippen molar-refractivity contribution in [2.24, 2.45) is 0 Å². The summed E-state index contributed by atoms with van der Waals surface area (Å²) in [6.07, 6.45) is 6.49. The topological polar surface area (TPSA) is 29.9 Å². The molecule has 0 spiro atoms. The molecular formula is C15H19N3. The maximum absolute atomic E-state index is 4.43. The molecular weight excluding hydrogens is 222 g/mol. The Balaban J connectivity index is 1.94. The van der Waals surface area contributed by atoms with E-state index in [4.69, 9.17) is 0 Å². The number of hydrogen-bond acceptors (Lipinski definition) is 2. The number of aromatic nitrogens is 2. The van der Waals surface area contributed by atoms with Gasteiger partial charge in [-0.2, -0.15) is 0 Å². The van der Waals surface area contributed by atoms with Crippen LogP contribution < -0.4 is 5.32 Å². The third-order valence-corrected chi connectivity index (χ3v) is 3.52. The molecule has 0 atom stereocenters. The Morgan fingerprint density at radius 1 is 1.17 bits per heavy atom. The number of nitrogens with zero attached hydrogens (tertiary/aromatic N) is 2. The van der Waals surface area contributed by atoms with Crippen LogP contribution in [0.15, 0.2) is 24.5 Å². The number of rotatable bonds is 3. The summed E-state index contributed by atoms with van der Waals surface area (Å²) in [6, 6.07) is 5.07. The third-order valence-electron chi connectivity index (χ3n) is 3.52. The van der Waals surface area contributed by atoms with E-state index in [0.29, 0.717) is 6.04 Å². The Hall–Kier alpha value is -1.77. The summed E-state index contributed by atoms with van der Waals surface area (Å²) in [5, 5.41) is 3.49. The number of hydrogen-bond donors (Lipinski definition) is 1. The van der Waals surface area contributed by atoms with Gasteiger partial charge in [-0.15, -0.1) is 0 Å². The number of imidazole rings is 1. The van der Waals surface area contributed by atoms with Crippen molar-refractivity contribution in [1.29, 1.82) is 0 Å². The zero-order chi connectivity index (χ0) is 12.7. The average Bonchev–Trinajstić information content (AvgIpc) is 3.04. The zero-order valence-corrected chi connectivity index (χ0v) is 11.2. The van der Waals surface area contributed by atoms with Crippen molar-refractivity contribution in [3.63, 3.8) is 0 Å². The highest BCUT2D eigenvalue weighted by Gasteiger charge is 2.25. The predicted octanol–water partition coefficient (Wildman–Crippen LogP) is 3.89. The zero-order valence-electron chi connectivity index (χ0n) is 11.2. The van der Waals surface area contributed by atoms with Gasteiger partial charge in [-0.25, -0.2) is 4.98 Å². The predicted molar refractivity (Wildman–Crippen MR) is 74.4 cm³/mol. The lowest BCUT2D eigenvalue weighted by Crippen LogP contribution is -2.04. The Morgan fingerprint density at radius 2 is 1.83 bits per heavy atom. The Kier molecular flexibility index (Phi) is 2.62. The smallest absolute Gasteiger partial charge is 0.207 e. The molecule has 3 heteroatoms. The Morgan fingerprint density at radius 3 is 2.44 bits per heavy atom. The van der Waals surface area contributed by atoms with Crippen molar-refractivity contribution in [3.8, 4) is 0 Å². The molecule has 94 valence electrons. The van der Waals surface area contributed by atoms with Gasteiger partial charge in [0.25, 0.3) is 0 Å². The van der Waals surface area contributed by atoms with Crippen LogP contribution in [-0.2, 0) is 0 Å². The molecule has 0 aliphatic heterocycles. The second-order valence-corrected chi connectivity index (χ2v) is 5.29. The van der Waals surface area contributed by atoms with E-state index < -0.39 is 0 Å². The first-order valence-electron chi connectivity index (χ1n) is 6.53. The van der Waals surface area contributed by atoms with Gasteiger partial charge < -0.3 is 9.88 Å². The molecule has 0 radical (unpaired) electrons. The second-order valence-electron chi connectivity index (χ2n) is 5.29. The van der Waals surface area contributed by atoms with Gasteiger partial charge in [0.1, 0.15) is 0 Å². The highest BCUT2D eigenvalue weighted by Crippen LogP contribution is 2.37. The molecule has 0 unspecified atom stereocenters. The van der Waals surface area contributed by atoms with E-state index >= 15 is 0 Å². The molecule has 0 amide bonds. The highest BCUT2D eigenvalue weighted by molar-refractivity contribution is 5.64. The van der Waals surface area contributed by atoms with Gasteiger partial charge in [0.2, 0.25) is 5.95 Å². The van der Waals surface area contributed by atoms with Crippen LogP contribution in [0.4, 0.5) is 11.6 Å². The molecule has 1 heterocycles. The van der Waals surface area contributed by atoms with Gasteiger partial charge in [-0.3, -0.25) is 0 Å². The van der Waals surface area contributed by atoms with Gasteiger partial charge in [-0.1, -0.05) is 17.7 Å². The van der Waals surface area contributed by atoms with Crippen molar-refractivity contribution < 1.29 is 0 Å². The fourth-order valence-corrected chi connectivity index (χ4v) is 2.55. The molecule has 0 saturated heterocycles. The lowest BCUT2D eigenvalue weighted by atomic mass is 10.1. The molecule has 1 aromatic carbocycles. The first-order chi connectivity index (χ1) is 8.65. The van der Waals surface area contributed by atoms with Crippen molar-refractivity contribution in [2.45, 2.75) is 39.7 Å². The number of nitrogens with one attached hydrogen (secondary N) is 1. The fourth-order valence-electron chi connectivity index (χ4n) is 2.55. The molecule has 3 rings (SSSR count). The van der Waals surface area contributed by atoms with Crippen LogP contribution in [0.1, 0.15) is 35.6 Å². The van der Waals surface area contributed by atoms with Gasteiger partial charge in [0.15, 0.2) is 0 Å². The van der Waals surface area contributed by atoms with Crippen molar-refractivity contribution in [1.82, 2.24) is 9.55 Å². The van der Waals surface area contributed by atoms with Crippen LogP contribution in [0.3, 0.4) is 0 Å². The van der Waals surface area contributed by atoms with Gasteiger partial charge >= 0.3 is 0 Å². The van der Waals surface area contributed by atoms with Crippen LogP contribution >= 0.6 is 0 Å². The molecule has 1 N–H and O–H groups in total. The van der Waals surface area contributed by atoms with Crippen LogP contribution in [-0.4, -0.2) is 9.55 Å². The minimum atomic E-state index is 0.654. The molecule has 1 aliphatic carbocycles. The summed E-state index contributed by atoms with van der Waals surface area (Å²) in [5.74, 6) is 0.965. The summed E-state index contributed by atoms with van der Waals surface area (Å²) in [5.41, 5.74) is 5.05. The van der Waals surface area contributed by atoms with E-state index in [1.807, 2.05) is 6.20 Å². The lowest BCUT2D eigenvalue weighted by Gasteiger charge is -2.14. The minimum absolute atomic E-state index is 0.654. The maximum atomic E-state index is 4.43. The molecule has 0 bridgehead atoms. The summed E-state index contributed by atoms with van der Waals surface area (Å²) in [4.78, 5) is 4.43. The summed E-state index contributed by atoms with van der Waals surface area (Å²) >= 11 is 0. The van der Waals surface area contributed by atoms with Crippen LogP contribution in [0, 0.1) is 20.8 Å². The van der Waals surface area contributed by atoms with Crippen molar-refractivity contribution >= 4 is 11.6 Å². The summed E-state index contributed by atoms with van der Waals surface area (Å²) in [6.45, 7) is 6.42. The molecule has 2 aromatic rings. The van der Waals surface area contributed by atoms with E-state index in [1.165, 1.54) is 35.2 Å². The SMILES string of the molecule is Cc1cc(C)c(Nc2nccn2C2CC2)c(C)c1. The van der Waals surface area contributed by atoms with E-state index in [1.54, 1.807) is 0 Å². The van der Waals surface area contributed by atoms with Crippen LogP contribution in [0.2, 0.25) is 0 Å². The monoisotopic (exact) mass is 241 g/mol. The molecule has 1 fully saturated rings. The lowest BCUT2D eigenvalue weighted by molar-refractivity contribution is 0.750. The molecule has 18 heavy (non-hydrogen) atoms. The standard InChI is InChI=1S/C15H19N3/c1-10-8-11(2)14(12(3)9-10)17-15-16-6-7-18(15)13-4-5-13/h6-9,13H,4-5H2,1-3H3,(H,16,17). The fraction of sp³-hybridized carbons (Fsp3) is 0.400. The van der Waals surface area contributed by atoms with E-state index in [2.05, 4.69) is 54.0 Å². The van der Waals surface area contributed by atoms with Gasteiger partial charge in [0.05, 0.1) is 0 Å². The highest BCUT2D eigenvalue weighted by atomic mass is 15.2. The van der Waals surface area contributed by atoms with E-state index in [-0.39, 0.29) is 0 Å². The number of aryl methyl sites for hydroxylation is 3. The Labute approximate surface area is 108 Å². The van der Waals surface area contributed by atoms with Gasteiger partial charge in [-0.05, 0) is 44.7 Å². The van der Waals surface area contributed by atoms with E-state index in [9.17, 15) is 0 Å². The normalized spacial score (nSPS) is 14.8. The van der Waals surface area contributed by atoms with Crippen LogP contribution in [0.25, 0.3) is 0 Å². The Bertz CT molecular complexity index is 556. The largest absolute Gasteiger partial charge is 0.325 e. The number of anilines is 2. The van der Waals surface area contributed by atoms with Crippen LogP contribution in [0.5, 0.6) is 0 Å². The first kappa shape index (κ1) is 11.3. The minimum Gasteiger partial charge on any atom is -0.325 e. The summed E-state index contributed by atoms with van der Waals surface area (Å²) < 4.78 is 2.25. The number of benzene rings is 1. The van der Waals surface area contributed by atoms with Crippen molar-refractivity contribution in [3.05, 3.63) is 41.2 Å². The quantitative estimate of drug-likeness (QED) is 0.883. The molecule has 1 saturated carbocycles. The van der Waals surface area contributed by atoms with Crippen molar-refractivity contribution in [2.75, 3.05) is 5.32 Å². The summed E-state index contributed by atoms with van der Waals surface area (Å²) in [7, 11) is 0. The second kappa shape index (κ2) is 4.16. The first-order valence-corrected chi connectivity index (χ1v) is 6.53. The molecule has 1 aromatic heterocycles. The average molecular weight is 241 g/mol.